The molecule has 1 N–H and O–H groups in total. The zero-order valence-electron chi connectivity index (χ0n) is 11.5. The van der Waals surface area contributed by atoms with Crippen LogP contribution in [0.1, 0.15) is 39.5 Å². The van der Waals surface area contributed by atoms with Crippen LogP contribution >= 0.6 is 11.8 Å². The summed E-state index contributed by atoms with van der Waals surface area (Å²) in [5.41, 5.74) is 0. The lowest BCUT2D eigenvalue weighted by atomic mass is 10.2. The average Bonchev–Trinajstić information content (AvgIpc) is 2.95. The number of hydrogen-bond donors (Lipinski definition) is 1. The lowest BCUT2D eigenvalue weighted by molar-refractivity contribution is -0.141. The summed E-state index contributed by atoms with van der Waals surface area (Å²) < 4.78 is 0. The maximum absolute atomic E-state index is 12.6. The summed E-state index contributed by atoms with van der Waals surface area (Å²) in [6, 6.07) is -0.516. The Labute approximate surface area is 118 Å². The molecule has 2 amide bonds. The minimum Gasteiger partial charge on any atom is -0.480 e. The number of thioether (sulfide) groups is 1. The standard InChI is InChI=1S/C13H22N2O3S/c1-3-5-11-15(10(8-19-11)12(16)17)13(18)14-7-4-6-9(14)2/h9-11H,3-8H2,1-2H3,(H,16,17). The van der Waals surface area contributed by atoms with E-state index in [0.717, 1.165) is 32.2 Å². The molecule has 0 radical (unpaired) electrons. The first-order valence-corrected chi connectivity index (χ1v) is 8.04. The Hall–Kier alpha value is -0.910. The predicted molar refractivity (Wildman–Crippen MR) is 75.2 cm³/mol. The van der Waals surface area contributed by atoms with Crippen LogP contribution in [0.2, 0.25) is 0 Å². The highest BCUT2D eigenvalue weighted by Gasteiger charge is 2.44. The number of rotatable bonds is 3. The molecular weight excluding hydrogens is 264 g/mol. The summed E-state index contributed by atoms with van der Waals surface area (Å²) in [4.78, 5) is 27.4. The van der Waals surface area contributed by atoms with E-state index in [2.05, 4.69) is 6.92 Å². The van der Waals surface area contributed by atoms with Crippen molar-refractivity contribution in [1.29, 1.82) is 0 Å². The molecule has 0 saturated carbocycles. The molecule has 2 aliphatic rings. The Kier molecular flexibility index (Phi) is 4.60. The third kappa shape index (κ3) is 2.83. The van der Waals surface area contributed by atoms with Crippen molar-refractivity contribution in [3.05, 3.63) is 0 Å². The number of carbonyl (C=O) groups excluding carboxylic acids is 1. The van der Waals surface area contributed by atoms with Crippen LogP contribution in [-0.2, 0) is 4.79 Å². The predicted octanol–water partition coefficient (Wildman–Crippen LogP) is 2.22. The van der Waals surface area contributed by atoms with Gasteiger partial charge in [-0.25, -0.2) is 9.59 Å². The molecule has 0 aromatic rings. The second-order valence-electron chi connectivity index (χ2n) is 5.31. The first-order chi connectivity index (χ1) is 9.06. The molecule has 19 heavy (non-hydrogen) atoms. The van der Waals surface area contributed by atoms with Gasteiger partial charge in [-0.15, -0.1) is 11.8 Å². The van der Waals surface area contributed by atoms with Gasteiger partial charge in [-0.3, -0.25) is 4.90 Å². The molecule has 0 aliphatic carbocycles. The summed E-state index contributed by atoms with van der Waals surface area (Å²) in [7, 11) is 0. The van der Waals surface area contributed by atoms with Crippen LogP contribution in [0.25, 0.3) is 0 Å². The maximum Gasteiger partial charge on any atom is 0.327 e. The van der Waals surface area contributed by atoms with Crippen molar-refractivity contribution in [1.82, 2.24) is 9.80 Å². The van der Waals surface area contributed by atoms with Gasteiger partial charge in [-0.1, -0.05) is 13.3 Å². The molecule has 6 heteroatoms. The van der Waals surface area contributed by atoms with Crippen molar-refractivity contribution in [2.45, 2.75) is 57.0 Å². The Morgan fingerprint density at radius 3 is 2.68 bits per heavy atom. The number of carboxylic acids is 1. The topological polar surface area (TPSA) is 60.9 Å². The van der Waals surface area contributed by atoms with Crippen molar-refractivity contribution < 1.29 is 14.7 Å². The van der Waals surface area contributed by atoms with Crippen molar-refractivity contribution >= 4 is 23.8 Å². The molecule has 3 unspecified atom stereocenters. The molecule has 0 bridgehead atoms. The highest BCUT2D eigenvalue weighted by molar-refractivity contribution is 8.00. The summed E-state index contributed by atoms with van der Waals surface area (Å²) in [5.74, 6) is -0.375. The molecule has 0 spiro atoms. The van der Waals surface area contributed by atoms with Gasteiger partial charge in [0.2, 0.25) is 0 Å². The van der Waals surface area contributed by atoms with Crippen LogP contribution in [0.3, 0.4) is 0 Å². The summed E-state index contributed by atoms with van der Waals surface area (Å²) in [6.07, 6.45) is 3.86. The lowest BCUT2D eigenvalue weighted by Gasteiger charge is -2.33. The van der Waals surface area contributed by atoms with E-state index in [-0.39, 0.29) is 17.4 Å². The monoisotopic (exact) mass is 286 g/mol. The zero-order valence-corrected chi connectivity index (χ0v) is 12.4. The van der Waals surface area contributed by atoms with Crippen LogP contribution in [0.4, 0.5) is 4.79 Å². The Morgan fingerprint density at radius 1 is 1.42 bits per heavy atom. The summed E-state index contributed by atoms with van der Waals surface area (Å²) >= 11 is 1.60. The number of nitrogens with zero attached hydrogens (tertiary/aromatic N) is 2. The first kappa shape index (κ1) is 14.5. The SMILES string of the molecule is CCCC1SCC(C(=O)O)N1C(=O)N1CCCC1C. The van der Waals surface area contributed by atoms with Crippen molar-refractivity contribution in [3.8, 4) is 0 Å². The third-order valence-corrected chi connectivity index (χ3v) is 5.29. The third-order valence-electron chi connectivity index (χ3n) is 3.93. The van der Waals surface area contributed by atoms with E-state index in [1.165, 1.54) is 0 Å². The maximum atomic E-state index is 12.6. The van der Waals surface area contributed by atoms with Crippen molar-refractivity contribution in [2.24, 2.45) is 0 Å². The van der Waals surface area contributed by atoms with E-state index in [9.17, 15) is 14.7 Å². The Balaban J connectivity index is 2.15. The van der Waals surface area contributed by atoms with Crippen LogP contribution in [0.5, 0.6) is 0 Å². The number of carboxylic acid groups (broad SMARTS) is 1. The summed E-state index contributed by atoms with van der Waals surface area (Å²) in [6.45, 7) is 4.86. The zero-order chi connectivity index (χ0) is 14.0. The van der Waals surface area contributed by atoms with Crippen LogP contribution in [-0.4, -0.2) is 56.7 Å². The number of carbonyl (C=O) groups is 2. The minimum atomic E-state index is -0.883. The van der Waals surface area contributed by atoms with Crippen molar-refractivity contribution in [3.63, 3.8) is 0 Å². The van der Waals surface area contributed by atoms with Crippen LogP contribution in [0, 0.1) is 0 Å². The molecule has 2 aliphatic heterocycles. The Bertz CT molecular complexity index is 364. The van der Waals surface area contributed by atoms with E-state index in [1.807, 2.05) is 11.8 Å². The van der Waals surface area contributed by atoms with Gasteiger partial charge in [-0.2, -0.15) is 0 Å². The van der Waals surface area contributed by atoms with Crippen LogP contribution in [0.15, 0.2) is 0 Å². The molecule has 108 valence electrons. The van der Waals surface area contributed by atoms with E-state index in [1.54, 1.807) is 16.7 Å². The fourth-order valence-corrected chi connectivity index (χ4v) is 4.35. The molecule has 3 atom stereocenters. The molecule has 0 aromatic heterocycles. The smallest absolute Gasteiger partial charge is 0.327 e. The second-order valence-corrected chi connectivity index (χ2v) is 6.52. The fourth-order valence-electron chi connectivity index (χ4n) is 2.85. The van der Waals surface area contributed by atoms with Crippen LogP contribution < -0.4 is 0 Å². The van der Waals surface area contributed by atoms with Gasteiger partial charge < -0.3 is 10.0 Å². The molecule has 2 rings (SSSR count). The van der Waals surface area contributed by atoms with Gasteiger partial charge in [-0.05, 0) is 26.2 Å². The number of amides is 2. The average molecular weight is 286 g/mol. The molecule has 0 aromatic carbocycles. The molecule has 2 fully saturated rings. The first-order valence-electron chi connectivity index (χ1n) is 6.99. The molecular formula is C13H22N2O3S. The van der Waals surface area contributed by atoms with Gasteiger partial charge in [0.15, 0.2) is 0 Å². The fraction of sp³-hybridized carbons (Fsp3) is 0.846. The quantitative estimate of drug-likeness (QED) is 0.864. The largest absolute Gasteiger partial charge is 0.480 e. The molecule has 2 heterocycles. The Morgan fingerprint density at radius 2 is 2.16 bits per heavy atom. The van der Waals surface area contributed by atoms with Gasteiger partial charge in [0.25, 0.3) is 0 Å². The molecule has 2 saturated heterocycles. The highest BCUT2D eigenvalue weighted by atomic mass is 32.2. The lowest BCUT2D eigenvalue weighted by Crippen LogP contribution is -2.52. The number of urea groups is 1. The van der Waals surface area contributed by atoms with E-state index in [0.29, 0.717) is 5.75 Å². The van der Waals surface area contributed by atoms with E-state index in [4.69, 9.17) is 0 Å². The number of likely N-dealkylation sites (tertiary alicyclic amines) is 1. The highest BCUT2D eigenvalue weighted by Crippen LogP contribution is 2.34. The number of aliphatic carboxylic acids is 1. The van der Waals surface area contributed by atoms with E-state index < -0.39 is 12.0 Å². The molecule has 5 nitrogen and oxygen atoms in total. The van der Waals surface area contributed by atoms with Gasteiger partial charge in [0, 0.05) is 18.3 Å². The van der Waals surface area contributed by atoms with Crippen molar-refractivity contribution in [2.75, 3.05) is 12.3 Å². The minimum absolute atomic E-state index is 0.0198. The normalized spacial score (nSPS) is 30.9. The van der Waals surface area contributed by atoms with Gasteiger partial charge in [0.1, 0.15) is 6.04 Å². The van der Waals surface area contributed by atoms with E-state index >= 15 is 0 Å². The van der Waals surface area contributed by atoms with Gasteiger partial charge in [0.05, 0.1) is 5.37 Å². The number of hydrogen-bond acceptors (Lipinski definition) is 3. The summed E-state index contributed by atoms with van der Waals surface area (Å²) in [5, 5.41) is 9.32. The van der Waals surface area contributed by atoms with Gasteiger partial charge >= 0.3 is 12.0 Å². The second kappa shape index (κ2) is 6.03.